The molecule has 0 saturated heterocycles. The highest BCUT2D eigenvalue weighted by Gasteiger charge is 2.14. The summed E-state index contributed by atoms with van der Waals surface area (Å²) in [7, 11) is 0. The Hall–Kier alpha value is -1.82. The maximum Gasteiger partial charge on any atom is 0.354 e. The van der Waals surface area contributed by atoms with E-state index >= 15 is 0 Å². The average Bonchev–Trinajstić information content (AvgIpc) is 2.60. The summed E-state index contributed by atoms with van der Waals surface area (Å²) in [5.74, 6) is -0.550. The van der Waals surface area contributed by atoms with Crippen molar-refractivity contribution in [3.63, 3.8) is 0 Å². The quantitative estimate of drug-likeness (QED) is 0.875. The second kappa shape index (κ2) is 4.21. The minimum absolute atomic E-state index is 0.0666. The Kier molecular flexibility index (Phi) is 2.89. The van der Waals surface area contributed by atoms with Crippen molar-refractivity contribution in [2.45, 2.75) is 19.9 Å². The molecule has 7 heteroatoms. The van der Waals surface area contributed by atoms with Crippen LogP contribution in [0.15, 0.2) is 12.3 Å². The Morgan fingerprint density at radius 1 is 1.59 bits per heavy atom. The molecule has 0 unspecified atom stereocenters. The van der Waals surface area contributed by atoms with E-state index in [4.69, 9.17) is 16.7 Å². The Balaban J connectivity index is 2.66. The van der Waals surface area contributed by atoms with Crippen LogP contribution in [0, 0.1) is 0 Å². The van der Waals surface area contributed by atoms with Crippen molar-refractivity contribution >= 4 is 29.0 Å². The van der Waals surface area contributed by atoms with E-state index in [0.717, 1.165) is 0 Å². The zero-order valence-corrected chi connectivity index (χ0v) is 10.1. The van der Waals surface area contributed by atoms with Crippen LogP contribution in [0.4, 0.5) is 5.82 Å². The highest BCUT2D eigenvalue weighted by molar-refractivity contribution is 6.33. The van der Waals surface area contributed by atoms with Crippen molar-refractivity contribution < 1.29 is 9.90 Å². The molecule has 0 fully saturated rings. The first-order chi connectivity index (χ1) is 7.99. The second-order valence-electron chi connectivity index (χ2n) is 3.86. The fraction of sp³-hybridized carbons (Fsp3) is 0.300. The lowest BCUT2D eigenvalue weighted by molar-refractivity contribution is 0.0690. The number of aromatic nitrogens is 3. The molecule has 0 aromatic carbocycles. The lowest BCUT2D eigenvalue weighted by Crippen LogP contribution is -2.15. The third kappa shape index (κ3) is 2.16. The fourth-order valence-electron chi connectivity index (χ4n) is 1.44. The molecule has 0 saturated carbocycles. The molecule has 0 radical (unpaired) electrons. The molecule has 2 N–H and O–H groups in total. The van der Waals surface area contributed by atoms with Crippen molar-refractivity contribution in [2.24, 2.45) is 0 Å². The molecule has 2 heterocycles. The molecule has 6 nitrogen and oxygen atoms in total. The summed E-state index contributed by atoms with van der Waals surface area (Å²) in [6, 6.07) is 1.57. The van der Waals surface area contributed by atoms with Gasteiger partial charge in [-0.05, 0) is 13.8 Å². The zero-order valence-electron chi connectivity index (χ0n) is 9.31. The van der Waals surface area contributed by atoms with Gasteiger partial charge in [-0.1, -0.05) is 11.6 Å². The van der Waals surface area contributed by atoms with Gasteiger partial charge in [0, 0.05) is 12.1 Å². The maximum absolute atomic E-state index is 11.0. The standard InChI is InChI=1S/C10H11ClN4O2/c1-5(2)13-8-3-7(10(16)17)14-9-6(11)4-12-15(8)9/h3-5,13H,1-2H3,(H,16,17). The molecule has 0 amide bonds. The van der Waals surface area contributed by atoms with Gasteiger partial charge < -0.3 is 10.4 Å². The van der Waals surface area contributed by atoms with Crippen LogP contribution < -0.4 is 5.32 Å². The van der Waals surface area contributed by atoms with Crippen LogP contribution in [0.25, 0.3) is 5.65 Å². The molecular formula is C10H11ClN4O2. The monoisotopic (exact) mass is 254 g/mol. The highest BCUT2D eigenvalue weighted by Crippen LogP contribution is 2.20. The molecule has 0 atom stereocenters. The predicted molar refractivity (Wildman–Crippen MR) is 63.7 cm³/mol. The Bertz CT molecular complexity index is 579. The van der Waals surface area contributed by atoms with Gasteiger partial charge in [0.1, 0.15) is 10.8 Å². The van der Waals surface area contributed by atoms with Gasteiger partial charge in [-0.25, -0.2) is 9.78 Å². The number of halogens is 1. The van der Waals surface area contributed by atoms with Crippen LogP contribution in [-0.2, 0) is 0 Å². The number of carboxylic acids is 1. The van der Waals surface area contributed by atoms with Crippen molar-refractivity contribution in [2.75, 3.05) is 5.32 Å². The van der Waals surface area contributed by atoms with E-state index in [1.807, 2.05) is 13.8 Å². The molecule has 2 aromatic rings. The second-order valence-corrected chi connectivity index (χ2v) is 4.27. The van der Waals surface area contributed by atoms with E-state index in [1.54, 1.807) is 0 Å². The SMILES string of the molecule is CC(C)Nc1cc(C(=O)O)nc2c(Cl)cnn12. The molecule has 2 rings (SSSR count). The number of fused-ring (bicyclic) bond motifs is 1. The van der Waals surface area contributed by atoms with Crippen molar-refractivity contribution in [1.29, 1.82) is 0 Å². The summed E-state index contributed by atoms with van der Waals surface area (Å²) in [5.41, 5.74) is 0.262. The topological polar surface area (TPSA) is 79.5 Å². The van der Waals surface area contributed by atoms with Crippen LogP contribution in [0.5, 0.6) is 0 Å². The highest BCUT2D eigenvalue weighted by atomic mass is 35.5. The van der Waals surface area contributed by atoms with E-state index in [1.165, 1.54) is 16.8 Å². The predicted octanol–water partition coefficient (Wildman–Crippen LogP) is 1.90. The van der Waals surface area contributed by atoms with Crippen molar-refractivity contribution in [3.8, 4) is 0 Å². The number of nitrogens with one attached hydrogen (secondary N) is 1. The first-order valence-electron chi connectivity index (χ1n) is 5.03. The minimum Gasteiger partial charge on any atom is -0.477 e. The molecular weight excluding hydrogens is 244 g/mol. The smallest absolute Gasteiger partial charge is 0.354 e. The Morgan fingerprint density at radius 2 is 2.29 bits per heavy atom. The van der Waals surface area contributed by atoms with E-state index < -0.39 is 5.97 Å². The molecule has 17 heavy (non-hydrogen) atoms. The largest absolute Gasteiger partial charge is 0.477 e. The van der Waals surface area contributed by atoms with Gasteiger partial charge in [-0.2, -0.15) is 9.61 Å². The van der Waals surface area contributed by atoms with Gasteiger partial charge in [-0.3, -0.25) is 0 Å². The third-order valence-corrected chi connectivity index (χ3v) is 2.35. The van der Waals surface area contributed by atoms with Crippen LogP contribution in [0.3, 0.4) is 0 Å². The number of carboxylic acid groups (broad SMARTS) is 1. The molecule has 0 spiro atoms. The van der Waals surface area contributed by atoms with Gasteiger partial charge >= 0.3 is 5.97 Å². The number of hydrogen-bond donors (Lipinski definition) is 2. The summed E-state index contributed by atoms with van der Waals surface area (Å²) >= 11 is 5.89. The number of anilines is 1. The molecule has 0 bridgehead atoms. The normalized spacial score (nSPS) is 11.1. The van der Waals surface area contributed by atoms with E-state index in [2.05, 4.69) is 15.4 Å². The summed E-state index contributed by atoms with van der Waals surface area (Å²) in [4.78, 5) is 14.9. The van der Waals surface area contributed by atoms with E-state index in [-0.39, 0.29) is 11.7 Å². The summed E-state index contributed by atoms with van der Waals surface area (Å²) in [6.07, 6.45) is 1.43. The minimum atomic E-state index is -1.10. The Morgan fingerprint density at radius 3 is 2.88 bits per heavy atom. The Labute approximate surface area is 102 Å². The van der Waals surface area contributed by atoms with E-state index in [0.29, 0.717) is 16.5 Å². The molecule has 0 aliphatic rings. The number of nitrogens with zero attached hydrogens (tertiary/aromatic N) is 3. The van der Waals surface area contributed by atoms with Crippen LogP contribution in [0.2, 0.25) is 5.02 Å². The van der Waals surface area contributed by atoms with Gasteiger partial charge in [0.25, 0.3) is 0 Å². The third-order valence-electron chi connectivity index (χ3n) is 2.08. The van der Waals surface area contributed by atoms with Gasteiger partial charge in [0.2, 0.25) is 0 Å². The zero-order chi connectivity index (χ0) is 12.6. The number of aromatic carboxylic acids is 1. The average molecular weight is 255 g/mol. The number of hydrogen-bond acceptors (Lipinski definition) is 4. The molecule has 2 aromatic heterocycles. The summed E-state index contributed by atoms with van der Waals surface area (Å²) < 4.78 is 1.48. The van der Waals surface area contributed by atoms with Gasteiger partial charge in [0.05, 0.1) is 6.20 Å². The van der Waals surface area contributed by atoms with Crippen LogP contribution in [0.1, 0.15) is 24.3 Å². The molecule has 0 aliphatic carbocycles. The lowest BCUT2D eigenvalue weighted by Gasteiger charge is -2.11. The molecule has 0 aliphatic heterocycles. The number of carbonyl (C=O) groups is 1. The maximum atomic E-state index is 11.0. The summed E-state index contributed by atoms with van der Waals surface area (Å²) in [5, 5.41) is 16.4. The van der Waals surface area contributed by atoms with Crippen LogP contribution >= 0.6 is 11.6 Å². The van der Waals surface area contributed by atoms with E-state index in [9.17, 15) is 4.79 Å². The first-order valence-corrected chi connectivity index (χ1v) is 5.41. The van der Waals surface area contributed by atoms with Gasteiger partial charge in [0.15, 0.2) is 11.3 Å². The molecule has 90 valence electrons. The fourth-order valence-corrected chi connectivity index (χ4v) is 1.61. The first kappa shape index (κ1) is 11.7. The van der Waals surface area contributed by atoms with Crippen LogP contribution in [-0.4, -0.2) is 31.7 Å². The van der Waals surface area contributed by atoms with Gasteiger partial charge in [-0.15, -0.1) is 0 Å². The lowest BCUT2D eigenvalue weighted by atomic mass is 10.3. The number of rotatable bonds is 3. The van der Waals surface area contributed by atoms with Crippen molar-refractivity contribution in [1.82, 2.24) is 14.6 Å². The van der Waals surface area contributed by atoms with Crippen molar-refractivity contribution in [3.05, 3.63) is 23.0 Å². The summed E-state index contributed by atoms with van der Waals surface area (Å²) in [6.45, 7) is 3.88.